The third-order valence-electron chi connectivity index (χ3n) is 3.87. The smallest absolute Gasteiger partial charge is 0.0914 e. The quantitative estimate of drug-likeness (QED) is 0.838. The second kappa shape index (κ2) is 6.18. The second-order valence-electron chi connectivity index (χ2n) is 5.20. The van der Waals surface area contributed by atoms with Crippen molar-refractivity contribution < 1.29 is 5.11 Å². The summed E-state index contributed by atoms with van der Waals surface area (Å²) in [5, 5.41) is 13.6. The first-order chi connectivity index (χ1) is 8.27. The summed E-state index contributed by atoms with van der Waals surface area (Å²) in [7, 11) is 0. The van der Waals surface area contributed by atoms with Crippen LogP contribution in [0.5, 0.6) is 0 Å². The molecule has 1 aromatic carbocycles. The summed E-state index contributed by atoms with van der Waals surface area (Å²) < 4.78 is 0. The Morgan fingerprint density at radius 1 is 1.24 bits per heavy atom. The van der Waals surface area contributed by atoms with E-state index >= 15 is 0 Å². The molecule has 0 spiro atoms. The highest BCUT2D eigenvalue weighted by molar-refractivity contribution is 5.17. The number of benzene rings is 1. The summed E-state index contributed by atoms with van der Waals surface area (Å²) in [5.41, 5.74) is 1.00. The summed E-state index contributed by atoms with van der Waals surface area (Å²) in [5.74, 6) is 0.742. The molecule has 0 saturated heterocycles. The van der Waals surface area contributed by atoms with Gasteiger partial charge in [-0.2, -0.15) is 0 Å². The number of hydrogen-bond donors (Lipinski definition) is 2. The molecule has 0 bridgehead atoms. The van der Waals surface area contributed by atoms with Crippen LogP contribution >= 0.6 is 0 Å². The van der Waals surface area contributed by atoms with Gasteiger partial charge in [0.2, 0.25) is 0 Å². The van der Waals surface area contributed by atoms with Crippen molar-refractivity contribution in [3.63, 3.8) is 0 Å². The van der Waals surface area contributed by atoms with Gasteiger partial charge in [0, 0.05) is 12.6 Å². The SMILES string of the molecule is C[C@@H]1CCCC[C@H]1NC[C@@H](O)c1ccccc1. The molecule has 0 unspecified atom stereocenters. The van der Waals surface area contributed by atoms with Crippen molar-refractivity contribution in [3.8, 4) is 0 Å². The Balaban J connectivity index is 1.81. The predicted molar refractivity (Wildman–Crippen MR) is 70.8 cm³/mol. The fraction of sp³-hybridized carbons (Fsp3) is 0.600. The molecule has 0 radical (unpaired) electrons. The summed E-state index contributed by atoms with van der Waals surface area (Å²) in [6, 6.07) is 10.5. The Morgan fingerprint density at radius 3 is 2.65 bits per heavy atom. The highest BCUT2D eigenvalue weighted by atomic mass is 16.3. The molecule has 1 aromatic rings. The zero-order valence-electron chi connectivity index (χ0n) is 10.6. The summed E-state index contributed by atoms with van der Waals surface area (Å²) >= 11 is 0. The van der Waals surface area contributed by atoms with E-state index in [0.717, 1.165) is 11.5 Å². The molecule has 2 heteroatoms. The Hall–Kier alpha value is -0.860. The van der Waals surface area contributed by atoms with Crippen LogP contribution in [-0.2, 0) is 0 Å². The minimum Gasteiger partial charge on any atom is -0.387 e. The summed E-state index contributed by atoms with van der Waals surface area (Å²) in [6.45, 7) is 2.98. The van der Waals surface area contributed by atoms with E-state index in [-0.39, 0.29) is 6.10 Å². The largest absolute Gasteiger partial charge is 0.387 e. The number of nitrogens with one attached hydrogen (secondary N) is 1. The highest BCUT2D eigenvalue weighted by Gasteiger charge is 2.21. The van der Waals surface area contributed by atoms with Crippen molar-refractivity contribution in [3.05, 3.63) is 35.9 Å². The first-order valence-corrected chi connectivity index (χ1v) is 6.74. The summed E-state index contributed by atoms with van der Waals surface area (Å²) in [6.07, 6.45) is 4.87. The van der Waals surface area contributed by atoms with Crippen LogP contribution in [0.4, 0.5) is 0 Å². The standard InChI is InChI=1S/C15H23NO/c1-12-7-5-6-10-14(12)16-11-15(17)13-8-3-2-4-9-13/h2-4,8-9,12,14-17H,5-7,10-11H2,1H3/t12-,14-,15-/m1/s1. The van der Waals surface area contributed by atoms with Gasteiger partial charge in [0.1, 0.15) is 0 Å². The minimum absolute atomic E-state index is 0.384. The molecule has 1 saturated carbocycles. The zero-order valence-corrected chi connectivity index (χ0v) is 10.6. The van der Waals surface area contributed by atoms with Gasteiger partial charge in [-0.25, -0.2) is 0 Å². The first-order valence-electron chi connectivity index (χ1n) is 6.74. The topological polar surface area (TPSA) is 32.3 Å². The van der Waals surface area contributed by atoms with Crippen molar-refractivity contribution in [2.75, 3.05) is 6.54 Å². The molecule has 3 atom stereocenters. The van der Waals surface area contributed by atoms with Gasteiger partial charge in [-0.05, 0) is 24.3 Å². The molecule has 0 aromatic heterocycles. The van der Waals surface area contributed by atoms with E-state index in [9.17, 15) is 5.11 Å². The third kappa shape index (κ3) is 3.55. The Kier molecular flexibility index (Phi) is 4.57. The number of rotatable bonds is 4. The lowest BCUT2D eigenvalue weighted by molar-refractivity contribution is 0.157. The molecule has 17 heavy (non-hydrogen) atoms. The zero-order chi connectivity index (χ0) is 12.1. The van der Waals surface area contributed by atoms with Gasteiger partial charge in [-0.15, -0.1) is 0 Å². The van der Waals surface area contributed by atoms with E-state index in [1.807, 2.05) is 30.3 Å². The van der Waals surface area contributed by atoms with Gasteiger partial charge in [-0.3, -0.25) is 0 Å². The van der Waals surface area contributed by atoms with Crippen LogP contribution < -0.4 is 5.32 Å². The minimum atomic E-state index is -0.384. The number of hydrogen-bond acceptors (Lipinski definition) is 2. The van der Waals surface area contributed by atoms with Crippen LogP contribution in [0.2, 0.25) is 0 Å². The van der Waals surface area contributed by atoms with Crippen molar-refractivity contribution in [2.24, 2.45) is 5.92 Å². The maximum atomic E-state index is 10.1. The van der Waals surface area contributed by atoms with Crippen LogP contribution in [0.15, 0.2) is 30.3 Å². The van der Waals surface area contributed by atoms with E-state index in [1.54, 1.807) is 0 Å². The van der Waals surface area contributed by atoms with Gasteiger partial charge < -0.3 is 10.4 Å². The lowest BCUT2D eigenvalue weighted by Gasteiger charge is -2.30. The molecule has 0 aliphatic heterocycles. The first kappa shape index (κ1) is 12.6. The van der Waals surface area contributed by atoms with Crippen LogP contribution in [0, 0.1) is 5.92 Å². The molecular weight excluding hydrogens is 210 g/mol. The molecule has 1 aliphatic rings. The van der Waals surface area contributed by atoms with Gasteiger partial charge in [-0.1, -0.05) is 50.1 Å². The second-order valence-corrected chi connectivity index (χ2v) is 5.20. The van der Waals surface area contributed by atoms with Crippen molar-refractivity contribution >= 4 is 0 Å². The lowest BCUT2D eigenvalue weighted by atomic mass is 9.86. The maximum Gasteiger partial charge on any atom is 0.0914 e. The van der Waals surface area contributed by atoms with E-state index in [1.165, 1.54) is 25.7 Å². The molecule has 2 rings (SSSR count). The average molecular weight is 233 g/mol. The monoisotopic (exact) mass is 233 g/mol. The van der Waals surface area contributed by atoms with Crippen molar-refractivity contribution in [2.45, 2.75) is 44.8 Å². The highest BCUT2D eigenvalue weighted by Crippen LogP contribution is 2.24. The Morgan fingerprint density at radius 2 is 1.94 bits per heavy atom. The number of aliphatic hydroxyl groups is 1. The Bertz CT molecular complexity index is 325. The van der Waals surface area contributed by atoms with Crippen LogP contribution in [-0.4, -0.2) is 17.7 Å². The fourth-order valence-electron chi connectivity index (χ4n) is 2.68. The van der Waals surface area contributed by atoms with Gasteiger partial charge in [0.25, 0.3) is 0 Å². The van der Waals surface area contributed by atoms with Crippen LogP contribution in [0.25, 0.3) is 0 Å². The normalized spacial score (nSPS) is 26.7. The molecular formula is C15H23NO. The van der Waals surface area contributed by atoms with Crippen molar-refractivity contribution in [1.29, 1.82) is 0 Å². The lowest BCUT2D eigenvalue weighted by Crippen LogP contribution is -2.39. The fourth-order valence-corrected chi connectivity index (χ4v) is 2.68. The molecule has 2 N–H and O–H groups in total. The van der Waals surface area contributed by atoms with Gasteiger partial charge >= 0.3 is 0 Å². The molecule has 1 aliphatic carbocycles. The Labute approximate surface area is 104 Å². The van der Waals surface area contributed by atoms with Crippen molar-refractivity contribution in [1.82, 2.24) is 5.32 Å². The molecule has 2 nitrogen and oxygen atoms in total. The van der Waals surface area contributed by atoms with E-state index in [0.29, 0.717) is 12.6 Å². The van der Waals surface area contributed by atoms with Gasteiger partial charge in [0.15, 0.2) is 0 Å². The van der Waals surface area contributed by atoms with E-state index in [2.05, 4.69) is 12.2 Å². The summed E-state index contributed by atoms with van der Waals surface area (Å²) in [4.78, 5) is 0. The molecule has 0 amide bonds. The molecule has 94 valence electrons. The predicted octanol–water partition coefficient (Wildman–Crippen LogP) is 2.89. The number of aliphatic hydroxyl groups excluding tert-OH is 1. The molecule has 1 fully saturated rings. The van der Waals surface area contributed by atoms with E-state index < -0.39 is 0 Å². The van der Waals surface area contributed by atoms with Gasteiger partial charge in [0.05, 0.1) is 6.10 Å². The average Bonchev–Trinajstić information content (AvgIpc) is 2.38. The maximum absolute atomic E-state index is 10.1. The van der Waals surface area contributed by atoms with Crippen LogP contribution in [0.1, 0.15) is 44.3 Å². The van der Waals surface area contributed by atoms with Crippen LogP contribution in [0.3, 0.4) is 0 Å². The third-order valence-corrected chi connectivity index (χ3v) is 3.87. The van der Waals surface area contributed by atoms with E-state index in [4.69, 9.17) is 0 Å². The molecule has 0 heterocycles.